The molecular weight excluding hydrogens is 384 g/mol. The van der Waals surface area contributed by atoms with Crippen molar-refractivity contribution in [2.75, 3.05) is 5.32 Å². The van der Waals surface area contributed by atoms with E-state index in [0.29, 0.717) is 28.2 Å². The Labute approximate surface area is 172 Å². The van der Waals surface area contributed by atoms with Crippen LogP contribution in [0.3, 0.4) is 0 Å². The van der Waals surface area contributed by atoms with E-state index in [-0.39, 0.29) is 17.8 Å². The van der Waals surface area contributed by atoms with Crippen molar-refractivity contribution in [1.29, 1.82) is 0 Å². The van der Waals surface area contributed by atoms with E-state index in [4.69, 9.17) is 4.99 Å². The molecular formula is C22H18N4O4. The summed E-state index contributed by atoms with van der Waals surface area (Å²) in [7, 11) is 0. The van der Waals surface area contributed by atoms with Crippen molar-refractivity contribution in [3.8, 4) is 0 Å². The first-order chi connectivity index (χ1) is 14.4. The highest BCUT2D eigenvalue weighted by Crippen LogP contribution is 2.42. The molecule has 0 saturated carbocycles. The van der Waals surface area contributed by atoms with Crippen LogP contribution in [-0.4, -0.2) is 15.6 Å². The summed E-state index contributed by atoms with van der Waals surface area (Å²) in [5.74, 6) is 0. The second kappa shape index (κ2) is 7.40. The summed E-state index contributed by atoms with van der Waals surface area (Å²) in [6.45, 7) is 1.85. The number of nitro groups is 2. The topological polar surface area (TPSA) is 111 Å². The number of aliphatic imine (C=N–C) groups is 1. The number of benzene rings is 3. The van der Waals surface area contributed by atoms with E-state index in [1.165, 1.54) is 12.1 Å². The van der Waals surface area contributed by atoms with Crippen molar-refractivity contribution >= 4 is 28.5 Å². The van der Waals surface area contributed by atoms with Crippen LogP contribution in [0.4, 0.5) is 22.7 Å². The van der Waals surface area contributed by atoms with Crippen molar-refractivity contribution in [2.45, 2.75) is 18.9 Å². The second-order valence-electron chi connectivity index (χ2n) is 7.26. The van der Waals surface area contributed by atoms with Crippen molar-refractivity contribution in [2.24, 2.45) is 4.99 Å². The smallest absolute Gasteiger partial charge is 0.278 e. The van der Waals surface area contributed by atoms with Crippen molar-refractivity contribution in [3.63, 3.8) is 0 Å². The number of nitro benzene ring substituents is 2. The Morgan fingerprint density at radius 2 is 1.47 bits per heavy atom. The Balaban J connectivity index is 1.95. The molecule has 1 N–H and O–H groups in total. The number of para-hydroxylation sites is 4. The van der Waals surface area contributed by atoms with Crippen LogP contribution in [0.15, 0.2) is 77.8 Å². The third-order valence-electron chi connectivity index (χ3n) is 5.20. The lowest BCUT2D eigenvalue weighted by Crippen LogP contribution is -2.34. The maximum absolute atomic E-state index is 11.7. The first kappa shape index (κ1) is 19.3. The third kappa shape index (κ3) is 3.39. The largest absolute Gasteiger partial charge is 0.373 e. The van der Waals surface area contributed by atoms with Crippen LogP contribution < -0.4 is 5.32 Å². The van der Waals surface area contributed by atoms with Gasteiger partial charge >= 0.3 is 0 Å². The molecule has 1 heterocycles. The lowest BCUT2D eigenvalue weighted by Gasteiger charge is -2.31. The fourth-order valence-electron chi connectivity index (χ4n) is 3.83. The molecule has 30 heavy (non-hydrogen) atoms. The lowest BCUT2D eigenvalue weighted by molar-refractivity contribution is -0.386. The molecule has 3 aromatic rings. The van der Waals surface area contributed by atoms with E-state index < -0.39 is 15.4 Å². The molecule has 1 unspecified atom stereocenters. The first-order valence-corrected chi connectivity index (χ1v) is 9.31. The minimum Gasteiger partial charge on any atom is -0.373 e. The molecule has 0 amide bonds. The minimum atomic E-state index is -0.918. The molecule has 0 radical (unpaired) electrons. The van der Waals surface area contributed by atoms with E-state index in [9.17, 15) is 20.2 Å². The number of hydrogen-bond acceptors (Lipinski definition) is 6. The van der Waals surface area contributed by atoms with Crippen molar-refractivity contribution in [3.05, 3.63) is 104 Å². The quantitative estimate of drug-likeness (QED) is 0.467. The maximum Gasteiger partial charge on any atom is 0.278 e. The van der Waals surface area contributed by atoms with Gasteiger partial charge < -0.3 is 5.32 Å². The highest BCUT2D eigenvalue weighted by Gasteiger charge is 2.38. The molecule has 8 heteroatoms. The Kier molecular flexibility index (Phi) is 4.75. The van der Waals surface area contributed by atoms with Gasteiger partial charge in [0, 0.05) is 18.6 Å². The normalized spacial score (nSPS) is 17.8. The van der Waals surface area contributed by atoms with Gasteiger partial charge in [0.2, 0.25) is 0 Å². The van der Waals surface area contributed by atoms with Gasteiger partial charge in [-0.15, -0.1) is 0 Å². The molecule has 0 bridgehead atoms. The minimum absolute atomic E-state index is 0.0196. The van der Waals surface area contributed by atoms with E-state index in [0.717, 1.165) is 0 Å². The lowest BCUT2D eigenvalue weighted by atomic mass is 9.83. The Bertz CT molecular complexity index is 1190. The highest BCUT2D eigenvalue weighted by molar-refractivity contribution is 6.07. The van der Waals surface area contributed by atoms with Gasteiger partial charge in [-0.05, 0) is 31.2 Å². The molecule has 8 nitrogen and oxygen atoms in total. The van der Waals surface area contributed by atoms with Crippen LogP contribution in [0, 0.1) is 20.2 Å². The molecule has 0 aliphatic carbocycles. The van der Waals surface area contributed by atoms with Gasteiger partial charge in [0.25, 0.3) is 11.4 Å². The average Bonchev–Trinajstić information content (AvgIpc) is 2.90. The van der Waals surface area contributed by atoms with Crippen molar-refractivity contribution in [1.82, 2.24) is 0 Å². The summed E-state index contributed by atoms with van der Waals surface area (Å²) in [5.41, 5.74) is 1.69. The highest BCUT2D eigenvalue weighted by atomic mass is 16.6. The maximum atomic E-state index is 11.7. The van der Waals surface area contributed by atoms with Gasteiger partial charge in [0.15, 0.2) is 0 Å². The fourth-order valence-corrected chi connectivity index (χ4v) is 3.83. The molecule has 3 aromatic carbocycles. The number of nitrogens with one attached hydrogen (secondary N) is 1. The van der Waals surface area contributed by atoms with Gasteiger partial charge in [-0.1, -0.05) is 36.4 Å². The van der Waals surface area contributed by atoms with Crippen LogP contribution in [-0.2, 0) is 5.54 Å². The van der Waals surface area contributed by atoms with Gasteiger partial charge in [-0.25, -0.2) is 0 Å². The summed E-state index contributed by atoms with van der Waals surface area (Å²) in [6, 6.07) is 20.3. The van der Waals surface area contributed by atoms with Crippen LogP contribution in [0.25, 0.3) is 0 Å². The van der Waals surface area contributed by atoms with Gasteiger partial charge in [-0.2, -0.15) is 0 Å². The SMILES string of the molecule is CC1(c2ccccc2[N+](=O)[O-])CC(c2ccccc2[N+](=O)[O-])=Nc2ccccc2N1. The number of nitrogens with zero attached hydrogens (tertiary/aromatic N) is 3. The number of hydrogen-bond donors (Lipinski definition) is 1. The predicted molar refractivity (Wildman–Crippen MR) is 114 cm³/mol. The number of fused-ring (bicyclic) bond motifs is 1. The summed E-state index contributed by atoms with van der Waals surface area (Å²) in [5, 5.41) is 26.7. The standard InChI is InChI=1S/C22H18N4O4/c1-22(16-9-3-7-13-21(16)26(29)30)14-19(15-8-2-6-12-20(15)25(27)28)23-17-10-4-5-11-18(17)24-22/h2-13,24H,14H2,1H3. The van der Waals surface area contributed by atoms with Gasteiger partial charge in [0.1, 0.15) is 0 Å². The summed E-state index contributed by atoms with van der Waals surface area (Å²) in [4.78, 5) is 27.2. The average molecular weight is 402 g/mol. The Hall–Kier alpha value is -4.07. The van der Waals surface area contributed by atoms with Crippen LogP contribution in [0.1, 0.15) is 24.5 Å². The zero-order chi connectivity index (χ0) is 21.3. The molecule has 0 saturated heterocycles. The summed E-state index contributed by atoms with van der Waals surface area (Å²) >= 11 is 0. The second-order valence-corrected chi connectivity index (χ2v) is 7.26. The molecule has 4 rings (SSSR count). The molecule has 0 fully saturated rings. The third-order valence-corrected chi connectivity index (χ3v) is 5.20. The van der Waals surface area contributed by atoms with Crippen LogP contribution in [0.5, 0.6) is 0 Å². The fraction of sp³-hybridized carbons (Fsp3) is 0.136. The van der Waals surface area contributed by atoms with Gasteiger partial charge in [-0.3, -0.25) is 25.2 Å². The summed E-state index contributed by atoms with van der Waals surface area (Å²) < 4.78 is 0. The van der Waals surface area contributed by atoms with Gasteiger partial charge in [0.05, 0.1) is 43.6 Å². The van der Waals surface area contributed by atoms with Crippen LogP contribution >= 0.6 is 0 Å². The molecule has 1 aliphatic rings. The van der Waals surface area contributed by atoms with Crippen molar-refractivity contribution < 1.29 is 9.85 Å². The number of anilines is 1. The Morgan fingerprint density at radius 1 is 0.867 bits per heavy atom. The van der Waals surface area contributed by atoms with Crippen LogP contribution in [0.2, 0.25) is 0 Å². The molecule has 0 spiro atoms. The first-order valence-electron chi connectivity index (χ1n) is 9.31. The zero-order valence-electron chi connectivity index (χ0n) is 16.1. The molecule has 1 atom stereocenters. The number of rotatable bonds is 4. The predicted octanol–water partition coefficient (Wildman–Crippen LogP) is 5.35. The summed E-state index contributed by atoms with van der Waals surface area (Å²) in [6.07, 6.45) is 0.220. The van der Waals surface area contributed by atoms with E-state index in [1.54, 1.807) is 36.4 Å². The zero-order valence-corrected chi connectivity index (χ0v) is 16.1. The van der Waals surface area contributed by atoms with E-state index in [1.807, 2.05) is 31.2 Å². The van der Waals surface area contributed by atoms with E-state index >= 15 is 0 Å². The van der Waals surface area contributed by atoms with E-state index in [2.05, 4.69) is 5.32 Å². The molecule has 150 valence electrons. The Morgan fingerprint density at radius 3 is 2.20 bits per heavy atom. The molecule has 1 aliphatic heterocycles. The monoisotopic (exact) mass is 402 g/mol. The molecule has 0 aromatic heterocycles.